The number of hydrogen-bond donors (Lipinski definition) is 1. The van der Waals surface area contributed by atoms with E-state index in [2.05, 4.69) is 26.4 Å². The highest BCUT2D eigenvalue weighted by molar-refractivity contribution is 5.76. The molecule has 4 rings (SSSR count). The molecule has 0 radical (unpaired) electrons. The van der Waals surface area contributed by atoms with E-state index in [0.29, 0.717) is 32.2 Å². The standard InChI is InChI=1S/C23H22N6O/c1-2-3-12-23(27-28-23)13-9-21(30)25-16-19-17-29(20-7-5-4-6-8-20)26-22(19)18-10-14-24-15-11-18/h1,4-8,10-11,14-15,17H,3,9,12-13,16H2,(H,25,30). The number of rotatable bonds is 9. The SMILES string of the molecule is C#CCCC1(CCC(=O)NCc2cn(-c3ccccc3)nc2-c2ccncc2)N=N1. The van der Waals surface area contributed by atoms with Gasteiger partial charge in [0, 0.05) is 61.9 Å². The Labute approximate surface area is 175 Å². The van der Waals surface area contributed by atoms with E-state index in [-0.39, 0.29) is 5.91 Å². The number of nitrogens with one attached hydrogen (secondary N) is 1. The molecule has 0 saturated carbocycles. The van der Waals surface area contributed by atoms with Crippen LogP contribution in [0.25, 0.3) is 16.9 Å². The van der Waals surface area contributed by atoms with Gasteiger partial charge in [-0.2, -0.15) is 15.3 Å². The van der Waals surface area contributed by atoms with Crippen LogP contribution in [0, 0.1) is 12.3 Å². The number of nitrogens with zero attached hydrogens (tertiary/aromatic N) is 5. The van der Waals surface area contributed by atoms with Gasteiger partial charge in [-0.05, 0) is 24.3 Å². The van der Waals surface area contributed by atoms with Crippen LogP contribution in [-0.4, -0.2) is 26.3 Å². The van der Waals surface area contributed by atoms with E-state index in [9.17, 15) is 4.79 Å². The topological polar surface area (TPSA) is 84.5 Å². The number of aromatic nitrogens is 3. The second kappa shape index (κ2) is 8.70. The summed E-state index contributed by atoms with van der Waals surface area (Å²) in [4.78, 5) is 16.5. The fourth-order valence-electron chi connectivity index (χ4n) is 3.27. The number of para-hydroxylation sites is 1. The van der Waals surface area contributed by atoms with Gasteiger partial charge in [-0.15, -0.1) is 12.3 Å². The molecule has 1 aliphatic heterocycles. The molecule has 0 aliphatic carbocycles. The molecule has 7 heteroatoms. The summed E-state index contributed by atoms with van der Waals surface area (Å²) >= 11 is 0. The summed E-state index contributed by atoms with van der Waals surface area (Å²) in [6, 6.07) is 13.7. The van der Waals surface area contributed by atoms with Crippen LogP contribution in [0.2, 0.25) is 0 Å². The van der Waals surface area contributed by atoms with E-state index in [1.807, 2.05) is 53.3 Å². The van der Waals surface area contributed by atoms with Gasteiger partial charge in [0.2, 0.25) is 5.91 Å². The molecule has 0 saturated heterocycles. The zero-order valence-corrected chi connectivity index (χ0v) is 16.5. The van der Waals surface area contributed by atoms with Crippen molar-refractivity contribution in [1.82, 2.24) is 20.1 Å². The van der Waals surface area contributed by atoms with Crippen molar-refractivity contribution in [2.45, 2.75) is 37.9 Å². The first-order valence-electron chi connectivity index (χ1n) is 9.88. The average Bonchev–Trinajstić information content (AvgIpc) is 3.44. The van der Waals surface area contributed by atoms with Gasteiger partial charge in [-0.1, -0.05) is 18.2 Å². The van der Waals surface area contributed by atoms with Crippen molar-refractivity contribution in [3.8, 4) is 29.3 Å². The second-order valence-corrected chi connectivity index (χ2v) is 7.18. The highest BCUT2D eigenvalue weighted by Crippen LogP contribution is 2.37. The Kier molecular flexibility index (Phi) is 5.66. The van der Waals surface area contributed by atoms with Gasteiger partial charge < -0.3 is 5.32 Å². The Morgan fingerprint density at radius 1 is 1.10 bits per heavy atom. The summed E-state index contributed by atoms with van der Waals surface area (Å²) in [5, 5.41) is 15.9. The van der Waals surface area contributed by atoms with E-state index in [1.54, 1.807) is 12.4 Å². The quantitative estimate of drug-likeness (QED) is 0.555. The van der Waals surface area contributed by atoms with Crippen molar-refractivity contribution < 1.29 is 4.79 Å². The molecule has 1 N–H and O–H groups in total. The number of benzene rings is 1. The van der Waals surface area contributed by atoms with Crippen molar-refractivity contribution in [2.75, 3.05) is 0 Å². The average molecular weight is 398 g/mol. The lowest BCUT2D eigenvalue weighted by Gasteiger charge is -2.09. The second-order valence-electron chi connectivity index (χ2n) is 7.18. The van der Waals surface area contributed by atoms with Crippen LogP contribution in [-0.2, 0) is 11.3 Å². The van der Waals surface area contributed by atoms with Gasteiger partial charge in [-0.3, -0.25) is 9.78 Å². The Morgan fingerprint density at radius 3 is 2.57 bits per heavy atom. The molecule has 3 heterocycles. The Hall–Kier alpha value is -3.79. The molecule has 150 valence electrons. The van der Waals surface area contributed by atoms with Crippen LogP contribution in [0.15, 0.2) is 71.3 Å². The van der Waals surface area contributed by atoms with Crippen LogP contribution in [0.5, 0.6) is 0 Å². The minimum atomic E-state index is -0.440. The van der Waals surface area contributed by atoms with E-state index < -0.39 is 5.66 Å². The van der Waals surface area contributed by atoms with E-state index in [0.717, 1.165) is 22.5 Å². The first kappa shape index (κ1) is 19.5. The maximum atomic E-state index is 12.4. The molecule has 30 heavy (non-hydrogen) atoms. The lowest BCUT2D eigenvalue weighted by atomic mass is 10.0. The molecule has 0 fully saturated rings. The maximum Gasteiger partial charge on any atom is 0.220 e. The highest BCUT2D eigenvalue weighted by atomic mass is 16.1. The highest BCUT2D eigenvalue weighted by Gasteiger charge is 2.39. The van der Waals surface area contributed by atoms with Crippen LogP contribution in [0.4, 0.5) is 0 Å². The minimum absolute atomic E-state index is 0.0412. The Bertz CT molecular complexity index is 1080. The number of amides is 1. The predicted octanol–water partition coefficient (Wildman–Crippen LogP) is 3.91. The summed E-state index contributed by atoms with van der Waals surface area (Å²) in [7, 11) is 0. The van der Waals surface area contributed by atoms with Crippen molar-refractivity contribution in [3.05, 3.63) is 66.6 Å². The first-order valence-corrected chi connectivity index (χ1v) is 9.88. The van der Waals surface area contributed by atoms with Crippen LogP contribution >= 0.6 is 0 Å². The van der Waals surface area contributed by atoms with Crippen molar-refractivity contribution in [3.63, 3.8) is 0 Å². The Morgan fingerprint density at radius 2 is 1.87 bits per heavy atom. The third kappa shape index (κ3) is 4.61. The summed E-state index contributed by atoms with van der Waals surface area (Å²) in [5.41, 5.74) is 3.22. The molecule has 0 unspecified atom stereocenters. The van der Waals surface area contributed by atoms with Crippen molar-refractivity contribution in [1.29, 1.82) is 0 Å². The molecule has 1 aliphatic rings. The molecular weight excluding hydrogens is 376 g/mol. The van der Waals surface area contributed by atoms with Crippen molar-refractivity contribution >= 4 is 5.91 Å². The monoisotopic (exact) mass is 398 g/mol. The molecule has 3 aromatic rings. The normalized spacial score (nSPS) is 13.6. The molecule has 2 aromatic heterocycles. The van der Waals surface area contributed by atoms with Crippen molar-refractivity contribution in [2.24, 2.45) is 10.2 Å². The van der Waals surface area contributed by atoms with Gasteiger partial charge in [0.05, 0.1) is 11.4 Å². The summed E-state index contributed by atoms with van der Waals surface area (Å²) < 4.78 is 1.83. The third-order valence-electron chi connectivity index (χ3n) is 5.05. The predicted molar refractivity (Wildman–Crippen MR) is 114 cm³/mol. The van der Waals surface area contributed by atoms with Gasteiger partial charge in [-0.25, -0.2) is 4.68 Å². The Balaban J connectivity index is 1.44. The number of carbonyl (C=O) groups excluding carboxylic acids is 1. The molecule has 0 atom stereocenters. The van der Waals surface area contributed by atoms with Crippen LogP contribution < -0.4 is 5.32 Å². The number of carbonyl (C=O) groups is 1. The van der Waals surface area contributed by atoms with Crippen LogP contribution in [0.1, 0.15) is 31.2 Å². The zero-order chi connectivity index (χ0) is 20.8. The van der Waals surface area contributed by atoms with Gasteiger partial charge in [0.25, 0.3) is 0 Å². The van der Waals surface area contributed by atoms with E-state index >= 15 is 0 Å². The minimum Gasteiger partial charge on any atom is -0.352 e. The van der Waals surface area contributed by atoms with E-state index in [4.69, 9.17) is 11.5 Å². The number of terminal acetylenes is 1. The molecular formula is C23H22N6O. The number of hydrogen-bond acceptors (Lipinski definition) is 5. The molecule has 1 amide bonds. The summed E-state index contributed by atoms with van der Waals surface area (Å²) in [6.45, 7) is 0.384. The zero-order valence-electron chi connectivity index (χ0n) is 16.5. The molecule has 0 bridgehead atoms. The summed E-state index contributed by atoms with van der Waals surface area (Å²) in [5.74, 6) is 2.56. The smallest absolute Gasteiger partial charge is 0.220 e. The van der Waals surface area contributed by atoms with Gasteiger partial charge in [0.1, 0.15) is 0 Å². The van der Waals surface area contributed by atoms with Gasteiger partial charge >= 0.3 is 0 Å². The molecule has 7 nitrogen and oxygen atoms in total. The first-order chi connectivity index (χ1) is 14.7. The van der Waals surface area contributed by atoms with E-state index in [1.165, 1.54) is 0 Å². The third-order valence-corrected chi connectivity index (χ3v) is 5.05. The maximum absolute atomic E-state index is 12.4. The molecule has 1 aromatic carbocycles. The van der Waals surface area contributed by atoms with Gasteiger partial charge in [0.15, 0.2) is 5.66 Å². The molecule has 0 spiro atoms. The number of pyridine rings is 1. The lowest BCUT2D eigenvalue weighted by molar-refractivity contribution is -0.121. The van der Waals surface area contributed by atoms with Crippen LogP contribution in [0.3, 0.4) is 0 Å². The fraction of sp³-hybridized carbons (Fsp3) is 0.261. The largest absolute Gasteiger partial charge is 0.352 e. The summed E-state index contributed by atoms with van der Waals surface area (Å²) in [6.07, 6.45) is 13.0. The lowest BCUT2D eigenvalue weighted by Crippen LogP contribution is -2.25. The fourth-order valence-corrected chi connectivity index (χ4v) is 3.27.